The second-order valence-electron chi connectivity index (χ2n) is 5.11. The van der Waals surface area contributed by atoms with Crippen LogP contribution in [0.25, 0.3) is 0 Å². The van der Waals surface area contributed by atoms with Gasteiger partial charge in [-0.2, -0.15) is 0 Å². The number of unbranched alkanes of at least 4 members (excludes halogenated alkanes) is 2. The number of carbonyl (C=O) groups excluding carboxylic acids is 2. The van der Waals surface area contributed by atoms with Gasteiger partial charge < -0.3 is 14.4 Å². The highest BCUT2D eigenvalue weighted by Gasteiger charge is 2.19. The summed E-state index contributed by atoms with van der Waals surface area (Å²) in [6.45, 7) is 10.1. The molecule has 132 valence electrons. The third-order valence-electron chi connectivity index (χ3n) is 3.15. The Hall–Kier alpha value is -1.78. The van der Waals surface area contributed by atoms with E-state index in [2.05, 4.69) is 18.7 Å². The summed E-state index contributed by atoms with van der Waals surface area (Å²) in [5.41, 5.74) is -0.0733. The molecule has 0 aliphatic rings. The van der Waals surface area contributed by atoms with Crippen molar-refractivity contribution in [2.75, 3.05) is 26.3 Å². The smallest absolute Gasteiger partial charge is 0.345 e. The number of allylic oxidation sites excluding steroid dienone is 2. The van der Waals surface area contributed by atoms with Gasteiger partial charge in [-0.1, -0.05) is 26.7 Å². The van der Waals surface area contributed by atoms with Crippen molar-refractivity contribution in [2.24, 2.45) is 0 Å². The first kappa shape index (κ1) is 21.2. The van der Waals surface area contributed by atoms with Gasteiger partial charge in [-0.3, -0.25) is 0 Å². The van der Waals surface area contributed by atoms with Crippen LogP contribution in [0, 0.1) is 0 Å². The van der Waals surface area contributed by atoms with E-state index in [9.17, 15) is 9.59 Å². The molecule has 0 unspecified atom stereocenters. The largest absolute Gasteiger partial charge is 0.462 e. The molecule has 0 aromatic rings. The minimum atomic E-state index is -0.649. The molecule has 0 amide bonds. The lowest BCUT2D eigenvalue weighted by Crippen LogP contribution is -2.20. The second-order valence-corrected chi connectivity index (χ2v) is 5.11. The van der Waals surface area contributed by atoms with Crippen molar-refractivity contribution in [3.8, 4) is 0 Å². The van der Waals surface area contributed by atoms with E-state index in [1.807, 2.05) is 6.20 Å². The van der Waals surface area contributed by atoms with Gasteiger partial charge in [0.25, 0.3) is 0 Å². The maximum Gasteiger partial charge on any atom is 0.345 e. The Morgan fingerprint density at radius 1 is 0.870 bits per heavy atom. The van der Waals surface area contributed by atoms with Crippen LogP contribution in [0.15, 0.2) is 23.9 Å². The molecule has 0 radical (unpaired) electrons. The Kier molecular flexibility index (Phi) is 12.8. The highest BCUT2D eigenvalue weighted by atomic mass is 16.6. The number of ether oxygens (including phenoxy) is 2. The van der Waals surface area contributed by atoms with Gasteiger partial charge in [0.1, 0.15) is 5.57 Å². The van der Waals surface area contributed by atoms with Gasteiger partial charge in [0, 0.05) is 13.1 Å². The predicted octanol–water partition coefficient (Wildman–Crippen LogP) is 3.45. The summed E-state index contributed by atoms with van der Waals surface area (Å²) < 4.78 is 9.81. The van der Waals surface area contributed by atoms with E-state index >= 15 is 0 Å². The molecule has 0 bridgehead atoms. The summed E-state index contributed by atoms with van der Waals surface area (Å²) in [7, 11) is 0. The average molecular weight is 325 g/mol. The summed E-state index contributed by atoms with van der Waals surface area (Å²) in [5, 5.41) is 0. The summed E-state index contributed by atoms with van der Waals surface area (Å²) in [4.78, 5) is 25.9. The van der Waals surface area contributed by atoms with Crippen molar-refractivity contribution >= 4 is 11.9 Å². The molecule has 0 heterocycles. The first-order valence-corrected chi connectivity index (χ1v) is 8.57. The molecule has 23 heavy (non-hydrogen) atoms. The van der Waals surface area contributed by atoms with E-state index < -0.39 is 11.9 Å². The maximum atomic E-state index is 11.8. The van der Waals surface area contributed by atoms with Crippen LogP contribution >= 0.6 is 0 Å². The van der Waals surface area contributed by atoms with Crippen LogP contribution in [0.4, 0.5) is 0 Å². The first-order valence-electron chi connectivity index (χ1n) is 8.57. The van der Waals surface area contributed by atoms with Crippen LogP contribution in [0.2, 0.25) is 0 Å². The minimum Gasteiger partial charge on any atom is -0.462 e. The molecule has 0 saturated carbocycles. The monoisotopic (exact) mass is 325 g/mol. The van der Waals surface area contributed by atoms with Gasteiger partial charge in [0.2, 0.25) is 0 Å². The Labute approximate surface area is 140 Å². The molecule has 5 nitrogen and oxygen atoms in total. The van der Waals surface area contributed by atoms with Crippen LogP contribution in [-0.4, -0.2) is 43.1 Å². The molecule has 0 fully saturated rings. The molecular weight excluding hydrogens is 294 g/mol. The summed E-state index contributed by atoms with van der Waals surface area (Å²) in [5.74, 6) is -1.30. The summed E-state index contributed by atoms with van der Waals surface area (Å²) in [6, 6.07) is 0. The van der Waals surface area contributed by atoms with Gasteiger partial charge in [-0.25, -0.2) is 9.59 Å². The average Bonchev–Trinajstić information content (AvgIpc) is 2.53. The van der Waals surface area contributed by atoms with Crippen LogP contribution < -0.4 is 0 Å². The van der Waals surface area contributed by atoms with Gasteiger partial charge >= 0.3 is 11.9 Å². The Bertz CT molecular complexity index is 374. The predicted molar refractivity (Wildman–Crippen MR) is 91.9 cm³/mol. The Morgan fingerprint density at radius 3 is 1.74 bits per heavy atom. The molecule has 0 aromatic heterocycles. The zero-order valence-corrected chi connectivity index (χ0v) is 15.0. The summed E-state index contributed by atoms with van der Waals surface area (Å²) >= 11 is 0. The number of nitrogens with zero attached hydrogens (tertiary/aromatic N) is 1. The fraction of sp³-hybridized carbons (Fsp3) is 0.667. The fourth-order valence-electron chi connectivity index (χ4n) is 1.88. The van der Waals surface area contributed by atoms with Crippen molar-refractivity contribution in [1.29, 1.82) is 0 Å². The van der Waals surface area contributed by atoms with E-state index in [1.54, 1.807) is 19.9 Å². The van der Waals surface area contributed by atoms with Crippen molar-refractivity contribution in [3.63, 3.8) is 0 Å². The quantitative estimate of drug-likeness (QED) is 0.181. The lowest BCUT2D eigenvalue weighted by Gasteiger charge is -2.19. The van der Waals surface area contributed by atoms with Crippen LogP contribution in [0.1, 0.15) is 53.4 Å². The first-order chi connectivity index (χ1) is 11.1. The molecule has 0 rings (SSSR count). The highest BCUT2D eigenvalue weighted by molar-refractivity contribution is 6.14. The number of hydrogen-bond donors (Lipinski definition) is 0. The normalized spacial score (nSPS) is 10.4. The number of carbonyl (C=O) groups is 2. The van der Waals surface area contributed by atoms with Gasteiger partial charge in [0.15, 0.2) is 0 Å². The molecule has 0 saturated heterocycles. The van der Waals surface area contributed by atoms with Crippen LogP contribution in [-0.2, 0) is 19.1 Å². The van der Waals surface area contributed by atoms with E-state index in [-0.39, 0.29) is 18.8 Å². The maximum absolute atomic E-state index is 11.8. The molecule has 0 atom stereocenters. The van der Waals surface area contributed by atoms with Crippen molar-refractivity contribution in [3.05, 3.63) is 23.9 Å². The van der Waals surface area contributed by atoms with E-state index in [1.165, 1.54) is 6.08 Å². The SMILES string of the molecule is CCCCN(/C=C/C=C(C(=O)OCC)C(=O)OCC)CCCC. The van der Waals surface area contributed by atoms with E-state index in [4.69, 9.17) is 9.47 Å². The van der Waals surface area contributed by atoms with Crippen molar-refractivity contribution < 1.29 is 19.1 Å². The molecule has 5 heteroatoms. The van der Waals surface area contributed by atoms with Crippen molar-refractivity contribution in [1.82, 2.24) is 4.90 Å². The van der Waals surface area contributed by atoms with E-state index in [0.29, 0.717) is 0 Å². The highest BCUT2D eigenvalue weighted by Crippen LogP contribution is 2.05. The molecule has 0 aliphatic heterocycles. The molecule has 0 aromatic carbocycles. The lowest BCUT2D eigenvalue weighted by atomic mass is 10.2. The van der Waals surface area contributed by atoms with Crippen LogP contribution in [0.5, 0.6) is 0 Å². The Morgan fingerprint density at radius 2 is 1.35 bits per heavy atom. The van der Waals surface area contributed by atoms with Gasteiger partial charge in [-0.15, -0.1) is 0 Å². The topological polar surface area (TPSA) is 55.8 Å². The van der Waals surface area contributed by atoms with Gasteiger partial charge in [0.05, 0.1) is 13.2 Å². The number of rotatable bonds is 12. The zero-order chi connectivity index (χ0) is 17.5. The third-order valence-corrected chi connectivity index (χ3v) is 3.15. The third kappa shape index (κ3) is 9.76. The fourth-order valence-corrected chi connectivity index (χ4v) is 1.88. The minimum absolute atomic E-state index is 0.0733. The second kappa shape index (κ2) is 13.9. The number of hydrogen-bond acceptors (Lipinski definition) is 5. The molecule has 0 spiro atoms. The lowest BCUT2D eigenvalue weighted by molar-refractivity contribution is -0.146. The molecule has 0 aliphatic carbocycles. The van der Waals surface area contributed by atoms with E-state index in [0.717, 1.165) is 38.8 Å². The number of esters is 2. The standard InChI is InChI=1S/C18H31NO4/c1-5-9-13-19(14-10-6-2)15-11-12-16(17(20)22-7-3)18(21)23-8-4/h11-12,15H,5-10,13-14H2,1-4H3/b15-11+. The summed E-state index contributed by atoms with van der Waals surface area (Å²) in [6.07, 6.45) is 9.59. The Balaban J connectivity index is 4.97. The van der Waals surface area contributed by atoms with Crippen molar-refractivity contribution in [2.45, 2.75) is 53.4 Å². The van der Waals surface area contributed by atoms with Gasteiger partial charge in [-0.05, 0) is 45.0 Å². The zero-order valence-electron chi connectivity index (χ0n) is 15.0. The van der Waals surface area contributed by atoms with Crippen LogP contribution in [0.3, 0.4) is 0 Å². The molecule has 0 N–H and O–H groups in total. The molecular formula is C18H31NO4.